The summed E-state index contributed by atoms with van der Waals surface area (Å²) in [5.41, 5.74) is 5.36. The van der Waals surface area contributed by atoms with E-state index in [1.807, 2.05) is 6.92 Å². The second-order valence-electron chi connectivity index (χ2n) is 4.15. The van der Waals surface area contributed by atoms with Crippen molar-refractivity contribution >= 4 is 5.91 Å². The molecule has 1 amide bonds. The molecule has 3 N–H and O–H groups in total. The van der Waals surface area contributed by atoms with Crippen LogP contribution in [0.3, 0.4) is 0 Å². The Kier molecular flexibility index (Phi) is 5.18. The average Bonchev–Trinajstić information content (AvgIpc) is 2.30. The molecular formula is C11H22N2O3. The molecule has 0 aliphatic carbocycles. The smallest absolute Gasteiger partial charge is 0.248 e. The molecular weight excluding hydrogens is 208 g/mol. The molecule has 1 atom stereocenters. The summed E-state index contributed by atoms with van der Waals surface area (Å²) < 4.78 is 11.1. The molecule has 1 aliphatic rings. The Labute approximate surface area is 96.7 Å². The lowest BCUT2D eigenvalue weighted by Crippen LogP contribution is -2.50. The van der Waals surface area contributed by atoms with Crippen LogP contribution in [0.25, 0.3) is 0 Å². The highest BCUT2D eigenvalue weighted by Crippen LogP contribution is 2.25. The summed E-state index contributed by atoms with van der Waals surface area (Å²) in [4.78, 5) is 11.6. The molecule has 1 rings (SSSR count). The number of nitrogens with two attached hydrogens (primary N) is 1. The van der Waals surface area contributed by atoms with Crippen LogP contribution in [0.4, 0.5) is 0 Å². The molecule has 1 heterocycles. The molecule has 0 aromatic heterocycles. The topological polar surface area (TPSA) is 73.6 Å². The third-order valence-corrected chi connectivity index (χ3v) is 2.92. The fourth-order valence-electron chi connectivity index (χ4n) is 1.86. The van der Waals surface area contributed by atoms with Crippen molar-refractivity contribution in [2.75, 3.05) is 26.3 Å². The van der Waals surface area contributed by atoms with E-state index in [0.717, 1.165) is 12.8 Å². The second-order valence-corrected chi connectivity index (χ2v) is 4.15. The molecule has 16 heavy (non-hydrogen) atoms. The van der Waals surface area contributed by atoms with Crippen LogP contribution in [-0.4, -0.2) is 43.9 Å². The van der Waals surface area contributed by atoms with Crippen LogP contribution in [0.15, 0.2) is 0 Å². The van der Waals surface area contributed by atoms with Gasteiger partial charge in [-0.1, -0.05) is 0 Å². The largest absolute Gasteiger partial charge is 0.381 e. The highest BCUT2D eigenvalue weighted by Gasteiger charge is 2.35. The Morgan fingerprint density at radius 1 is 1.56 bits per heavy atom. The van der Waals surface area contributed by atoms with E-state index in [1.165, 1.54) is 0 Å². The van der Waals surface area contributed by atoms with Crippen molar-refractivity contribution in [3.8, 4) is 0 Å². The molecule has 5 nitrogen and oxygen atoms in total. The van der Waals surface area contributed by atoms with Gasteiger partial charge in [-0.3, -0.25) is 4.79 Å². The Morgan fingerprint density at radius 3 is 2.69 bits per heavy atom. The molecule has 1 fully saturated rings. The number of ether oxygens (including phenoxy) is 2. The Hall–Kier alpha value is -0.650. The van der Waals surface area contributed by atoms with Crippen LogP contribution in [0, 0.1) is 0 Å². The zero-order chi connectivity index (χ0) is 12.0. The van der Waals surface area contributed by atoms with E-state index in [9.17, 15) is 4.79 Å². The summed E-state index contributed by atoms with van der Waals surface area (Å²) in [5.74, 6) is -0.0817. The maximum atomic E-state index is 11.6. The van der Waals surface area contributed by atoms with Crippen molar-refractivity contribution in [1.29, 1.82) is 0 Å². The van der Waals surface area contributed by atoms with Gasteiger partial charge in [-0.2, -0.15) is 0 Å². The normalized spacial score (nSPS) is 21.4. The first-order chi connectivity index (χ1) is 7.63. The highest BCUT2D eigenvalue weighted by molar-refractivity contribution is 5.80. The standard InChI is InChI=1S/C11H22N2O3/c1-3-13-10(14)9(2)16-11(8-12)4-6-15-7-5-11/h9H,3-8,12H2,1-2H3,(H,13,14). The Balaban J connectivity index is 2.51. The number of amides is 1. The summed E-state index contributed by atoms with van der Waals surface area (Å²) in [7, 11) is 0. The third-order valence-electron chi connectivity index (χ3n) is 2.92. The lowest BCUT2D eigenvalue weighted by molar-refractivity contribution is -0.157. The first-order valence-corrected chi connectivity index (χ1v) is 5.87. The monoisotopic (exact) mass is 230 g/mol. The molecule has 0 aromatic rings. The van der Waals surface area contributed by atoms with E-state index < -0.39 is 6.10 Å². The predicted octanol–water partition coefficient (Wildman–Crippen LogP) is 0.0355. The minimum Gasteiger partial charge on any atom is -0.381 e. The number of hydrogen-bond acceptors (Lipinski definition) is 4. The van der Waals surface area contributed by atoms with Gasteiger partial charge in [0.1, 0.15) is 6.10 Å². The van der Waals surface area contributed by atoms with Gasteiger partial charge in [0, 0.05) is 39.1 Å². The number of carbonyl (C=O) groups is 1. The van der Waals surface area contributed by atoms with Gasteiger partial charge in [0.25, 0.3) is 0 Å². The number of hydrogen-bond donors (Lipinski definition) is 2. The van der Waals surface area contributed by atoms with Crippen molar-refractivity contribution in [2.45, 2.75) is 38.4 Å². The van der Waals surface area contributed by atoms with Gasteiger partial charge in [0.2, 0.25) is 5.91 Å². The van der Waals surface area contributed by atoms with Crippen molar-refractivity contribution in [1.82, 2.24) is 5.32 Å². The van der Waals surface area contributed by atoms with Crippen molar-refractivity contribution in [2.24, 2.45) is 5.73 Å². The van der Waals surface area contributed by atoms with Crippen molar-refractivity contribution in [3.05, 3.63) is 0 Å². The lowest BCUT2D eigenvalue weighted by Gasteiger charge is -2.37. The SMILES string of the molecule is CCNC(=O)C(C)OC1(CN)CCOCC1. The highest BCUT2D eigenvalue weighted by atomic mass is 16.5. The average molecular weight is 230 g/mol. The van der Waals surface area contributed by atoms with Crippen LogP contribution >= 0.6 is 0 Å². The molecule has 0 radical (unpaired) electrons. The van der Waals surface area contributed by atoms with Gasteiger partial charge >= 0.3 is 0 Å². The summed E-state index contributed by atoms with van der Waals surface area (Å²) in [5, 5.41) is 2.74. The quantitative estimate of drug-likeness (QED) is 0.699. The van der Waals surface area contributed by atoms with Crippen molar-refractivity contribution < 1.29 is 14.3 Å². The van der Waals surface area contributed by atoms with Crippen molar-refractivity contribution in [3.63, 3.8) is 0 Å². The molecule has 0 bridgehead atoms. The van der Waals surface area contributed by atoms with E-state index in [1.54, 1.807) is 6.92 Å². The second kappa shape index (κ2) is 6.18. The van der Waals surface area contributed by atoms with Crippen LogP contribution in [-0.2, 0) is 14.3 Å². The Bertz CT molecular complexity index is 227. The molecule has 94 valence electrons. The predicted molar refractivity (Wildman–Crippen MR) is 61.1 cm³/mol. The van der Waals surface area contributed by atoms with E-state index in [4.69, 9.17) is 15.2 Å². The molecule has 0 saturated carbocycles. The first kappa shape index (κ1) is 13.4. The van der Waals surface area contributed by atoms with E-state index in [-0.39, 0.29) is 11.5 Å². The molecule has 1 saturated heterocycles. The molecule has 0 spiro atoms. The summed E-state index contributed by atoms with van der Waals surface area (Å²) >= 11 is 0. The number of nitrogens with one attached hydrogen (secondary N) is 1. The minimum atomic E-state index is -0.457. The third kappa shape index (κ3) is 3.43. The Morgan fingerprint density at radius 2 is 2.19 bits per heavy atom. The minimum absolute atomic E-state index is 0.0817. The molecule has 0 aromatic carbocycles. The molecule has 1 aliphatic heterocycles. The van der Waals surface area contributed by atoms with Gasteiger partial charge < -0.3 is 20.5 Å². The zero-order valence-electron chi connectivity index (χ0n) is 10.1. The van der Waals surface area contributed by atoms with E-state index in [2.05, 4.69) is 5.32 Å². The van der Waals surface area contributed by atoms with Crippen LogP contribution in [0.1, 0.15) is 26.7 Å². The van der Waals surface area contributed by atoms with Gasteiger partial charge in [0.05, 0.1) is 5.60 Å². The number of likely N-dealkylation sites (N-methyl/N-ethyl adjacent to an activating group) is 1. The van der Waals surface area contributed by atoms with Crippen LogP contribution in [0.2, 0.25) is 0 Å². The van der Waals surface area contributed by atoms with Gasteiger partial charge in [0.15, 0.2) is 0 Å². The van der Waals surface area contributed by atoms with E-state index >= 15 is 0 Å². The van der Waals surface area contributed by atoms with Gasteiger partial charge in [-0.05, 0) is 13.8 Å². The first-order valence-electron chi connectivity index (χ1n) is 5.87. The summed E-state index contributed by atoms with van der Waals surface area (Å²) in [6.45, 7) is 6.00. The summed E-state index contributed by atoms with van der Waals surface area (Å²) in [6, 6.07) is 0. The maximum Gasteiger partial charge on any atom is 0.248 e. The molecule has 5 heteroatoms. The summed E-state index contributed by atoms with van der Waals surface area (Å²) in [6.07, 6.45) is 1.06. The fraction of sp³-hybridized carbons (Fsp3) is 0.909. The van der Waals surface area contributed by atoms with E-state index in [0.29, 0.717) is 26.3 Å². The maximum absolute atomic E-state index is 11.6. The number of rotatable bonds is 5. The molecule has 1 unspecified atom stereocenters. The fourth-order valence-corrected chi connectivity index (χ4v) is 1.86. The van der Waals surface area contributed by atoms with Crippen LogP contribution < -0.4 is 11.1 Å². The lowest BCUT2D eigenvalue weighted by atomic mass is 9.94. The van der Waals surface area contributed by atoms with Gasteiger partial charge in [-0.25, -0.2) is 0 Å². The zero-order valence-corrected chi connectivity index (χ0v) is 10.1. The van der Waals surface area contributed by atoms with Crippen LogP contribution in [0.5, 0.6) is 0 Å². The number of carbonyl (C=O) groups excluding carboxylic acids is 1. The van der Waals surface area contributed by atoms with Gasteiger partial charge in [-0.15, -0.1) is 0 Å².